The van der Waals surface area contributed by atoms with E-state index in [0.717, 1.165) is 12.0 Å². The molecule has 2 atom stereocenters. The quantitative estimate of drug-likeness (QED) is 0.720. The summed E-state index contributed by atoms with van der Waals surface area (Å²) in [7, 11) is 0. The lowest BCUT2D eigenvalue weighted by Gasteiger charge is -2.23. The van der Waals surface area contributed by atoms with Crippen LogP contribution in [-0.4, -0.2) is 22.5 Å². The molecule has 0 aliphatic heterocycles. The van der Waals surface area contributed by atoms with Gasteiger partial charge in [0.1, 0.15) is 0 Å². The molecule has 0 aliphatic carbocycles. The van der Waals surface area contributed by atoms with Crippen molar-refractivity contribution in [3.8, 4) is 0 Å². The highest BCUT2D eigenvalue weighted by Gasteiger charge is 2.27. The van der Waals surface area contributed by atoms with Gasteiger partial charge >= 0.3 is 5.97 Å². The highest BCUT2D eigenvalue weighted by atomic mass is 16.4. The van der Waals surface area contributed by atoms with E-state index < -0.39 is 11.5 Å². The molecule has 5 heteroatoms. The van der Waals surface area contributed by atoms with Crippen molar-refractivity contribution in [1.29, 1.82) is 0 Å². The van der Waals surface area contributed by atoms with Crippen LogP contribution in [-0.2, 0) is 9.59 Å². The Morgan fingerprint density at radius 1 is 1.33 bits per heavy atom. The number of hydrogen-bond donors (Lipinski definition) is 3. The number of nitrogens with two attached hydrogens (primary N) is 1. The summed E-state index contributed by atoms with van der Waals surface area (Å²) in [6.07, 6.45) is 1.54. The van der Waals surface area contributed by atoms with E-state index in [1.165, 1.54) is 0 Å². The zero-order valence-electron chi connectivity index (χ0n) is 12.8. The van der Waals surface area contributed by atoms with Crippen molar-refractivity contribution in [1.82, 2.24) is 0 Å². The van der Waals surface area contributed by atoms with Gasteiger partial charge in [0, 0.05) is 5.69 Å². The van der Waals surface area contributed by atoms with E-state index in [0.29, 0.717) is 12.1 Å². The number of aliphatic carboxylic acids is 1. The SMILES string of the molecule is CCCC(C)(N)C(=O)Nc1ccc(C(C)CC(=O)O)cc1. The molecule has 116 valence electrons. The standard InChI is InChI=1S/C16H24N2O3/c1-4-9-16(3,17)15(21)18-13-7-5-12(6-8-13)11(2)10-14(19)20/h5-8,11H,4,9-10,17H2,1-3H3,(H,18,21)(H,19,20). The lowest BCUT2D eigenvalue weighted by Crippen LogP contribution is -2.48. The van der Waals surface area contributed by atoms with Gasteiger partial charge in [0.05, 0.1) is 12.0 Å². The Hall–Kier alpha value is -1.88. The average molecular weight is 292 g/mol. The smallest absolute Gasteiger partial charge is 0.303 e. The number of amides is 1. The maximum absolute atomic E-state index is 12.1. The summed E-state index contributed by atoms with van der Waals surface area (Å²) in [5.41, 5.74) is 6.69. The number of benzene rings is 1. The molecule has 0 radical (unpaired) electrons. The number of anilines is 1. The number of carboxylic acid groups (broad SMARTS) is 1. The minimum Gasteiger partial charge on any atom is -0.481 e. The molecular weight excluding hydrogens is 268 g/mol. The second kappa shape index (κ2) is 7.22. The highest BCUT2D eigenvalue weighted by Crippen LogP contribution is 2.21. The number of nitrogens with one attached hydrogen (secondary N) is 1. The summed E-state index contributed by atoms with van der Waals surface area (Å²) in [5.74, 6) is -1.10. The molecule has 0 aromatic heterocycles. The summed E-state index contributed by atoms with van der Waals surface area (Å²) in [4.78, 5) is 22.8. The van der Waals surface area contributed by atoms with Crippen LogP contribution in [0.1, 0.15) is 51.5 Å². The molecule has 1 amide bonds. The second-order valence-electron chi connectivity index (χ2n) is 5.74. The van der Waals surface area contributed by atoms with Crippen molar-refractivity contribution in [2.45, 2.75) is 51.5 Å². The molecule has 0 fully saturated rings. The molecule has 1 aromatic rings. The largest absolute Gasteiger partial charge is 0.481 e. The van der Waals surface area contributed by atoms with Crippen molar-refractivity contribution in [2.75, 3.05) is 5.32 Å². The van der Waals surface area contributed by atoms with Gasteiger partial charge in [-0.15, -0.1) is 0 Å². The highest BCUT2D eigenvalue weighted by molar-refractivity contribution is 5.97. The summed E-state index contributed by atoms with van der Waals surface area (Å²) in [5, 5.41) is 11.6. The zero-order valence-corrected chi connectivity index (χ0v) is 12.8. The lowest BCUT2D eigenvalue weighted by molar-refractivity contribution is -0.137. The molecule has 0 heterocycles. The Morgan fingerprint density at radius 2 is 1.90 bits per heavy atom. The van der Waals surface area contributed by atoms with Crippen molar-refractivity contribution >= 4 is 17.6 Å². The average Bonchev–Trinajstić information content (AvgIpc) is 2.38. The van der Waals surface area contributed by atoms with Crippen LogP contribution >= 0.6 is 0 Å². The van der Waals surface area contributed by atoms with Gasteiger partial charge in [-0.05, 0) is 37.0 Å². The molecule has 4 N–H and O–H groups in total. The Morgan fingerprint density at radius 3 is 2.38 bits per heavy atom. The predicted molar refractivity (Wildman–Crippen MR) is 83.2 cm³/mol. The van der Waals surface area contributed by atoms with Crippen molar-refractivity contribution < 1.29 is 14.7 Å². The topological polar surface area (TPSA) is 92.4 Å². The minimum atomic E-state index is -0.885. The molecule has 0 aliphatic rings. The van der Waals surface area contributed by atoms with E-state index in [2.05, 4.69) is 5.32 Å². The van der Waals surface area contributed by atoms with E-state index in [9.17, 15) is 9.59 Å². The van der Waals surface area contributed by atoms with Crippen molar-refractivity contribution in [2.24, 2.45) is 5.73 Å². The molecule has 1 rings (SSSR count). The van der Waals surface area contributed by atoms with Crippen LogP contribution in [0.25, 0.3) is 0 Å². The maximum atomic E-state index is 12.1. The molecule has 0 saturated carbocycles. The van der Waals surface area contributed by atoms with Gasteiger partial charge < -0.3 is 16.2 Å². The van der Waals surface area contributed by atoms with E-state index in [-0.39, 0.29) is 18.2 Å². The number of hydrogen-bond acceptors (Lipinski definition) is 3. The van der Waals surface area contributed by atoms with E-state index >= 15 is 0 Å². The number of carboxylic acids is 1. The van der Waals surface area contributed by atoms with Gasteiger partial charge in [0.2, 0.25) is 5.91 Å². The third kappa shape index (κ3) is 5.19. The predicted octanol–water partition coefficient (Wildman–Crippen LogP) is 2.72. The Labute approximate surface area is 125 Å². The Bertz CT molecular complexity index is 495. The molecule has 0 spiro atoms. The third-order valence-corrected chi connectivity index (χ3v) is 3.51. The summed E-state index contributed by atoms with van der Waals surface area (Å²) in [6.45, 7) is 5.56. The maximum Gasteiger partial charge on any atom is 0.303 e. The summed E-state index contributed by atoms with van der Waals surface area (Å²) < 4.78 is 0. The van der Waals surface area contributed by atoms with Crippen LogP contribution in [0.3, 0.4) is 0 Å². The van der Waals surface area contributed by atoms with Gasteiger partial charge in [-0.2, -0.15) is 0 Å². The summed E-state index contributed by atoms with van der Waals surface area (Å²) in [6, 6.07) is 7.20. The third-order valence-electron chi connectivity index (χ3n) is 3.51. The first-order valence-corrected chi connectivity index (χ1v) is 7.18. The van der Waals surface area contributed by atoms with Gasteiger partial charge in [0.15, 0.2) is 0 Å². The van der Waals surface area contributed by atoms with Gasteiger partial charge in [-0.1, -0.05) is 32.4 Å². The fourth-order valence-electron chi connectivity index (χ4n) is 2.18. The first-order chi connectivity index (χ1) is 9.76. The van der Waals surface area contributed by atoms with Gasteiger partial charge in [-0.25, -0.2) is 0 Å². The number of carbonyl (C=O) groups excluding carboxylic acids is 1. The molecular formula is C16H24N2O3. The van der Waals surface area contributed by atoms with Crippen molar-refractivity contribution in [3.05, 3.63) is 29.8 Å². The molecule has 2 unspecified atom stereocenters. The molecule has 0 saturated heterocycles. The Balaban J connectivity index is 2.71. The number of carbonyl (C=O) groups is 2. The second-order valence-corrected chi connectivity index (χ2v) is 5.74. The van der Waals surface area contributed by atoms with Crippen LogP contribution in [0.5, 0.6) is 0 Å². The minimum absolute atomic E-state index is 0.0629. The summed E-state index contributed by atoms with van der Waals surface area (Å²) >= 11 is 0. The van der Waals surface area contributed by atoms with Crippen LogP contribution in [0.2, 0.25) is 0 Å². The molecule has 5 nitrogen and oxygen atoms in total. The van der Waals surface area contributed by atoms with Crippen LogP contribution in [0.4, 0.5) is 5.69 Å². The number of rotatable bonds is 7. The van der Waals surface area contributed by atoms with Crippen molar-refractivity contribution in [3.63, 3.8) is 0 Å². The van der Waals surface area contributed by atoms with E-state index in [1.807, 2.05) is 26.0 Å². The molecule has 0 bridgehead atoms. The Kier molecular flexibility index (Phi) is 5.90. The van der Waals surface area contributed by atoms with Crippen LogP contribution < -0.4 is 11.1 Å². The monoisotopic (exact) mass is 292 g/mol. The normalized spacial score (nSPS) is 15.0. The zero-order chi connectivity index (χ0) is 16.0. The van der Waals surface area contributed by atoms with Crippen LogP contribution in [0.15, 0.2) is 24.3 Å². The fraction of sp³-hybridized carbons (Fsp3) is 0.500. The van der Waals surface area contributed by atoms with Gasteiger partial charge in [-0.3, -0.25) is 9.59 Å². The fourth-order valence-corrected chi connectivity index (χ4v) is 2.18. The van der Waals surface area contributed by atoms with E-state index in [1.54, 1.807) is 19.1 Å². The first-order valence-electron chi connectivity index (χ1n) is 7.18. The van der Waals surface area contributed by atoms with E-state index in [4.69, 9.17) is 10.8 Å². The molecule has 21 heavy (non-hydrogen) atoms. The lowest BCUT2D eigenvalue weighted by atomic mass is 9.96. The van der Waals surface area contributed by atoms with Crippen LogP contribution in [0, 0.1) is 0 Å². The van der Waals surface area contributed by atoms with Gasteiger partial charge in [0.25, 0.3) is 0 Å². The molecule has 1 aromatic carbocycles. The first kappa shape index (κ1) is 17.2.